The summed E-state index contributed by atoms with van der Waals surface area (Å²) in [7, 11) is 0. The number of rotatable bonds is 3. The van der Waals surface area contributed by atoms with Crippen LogP contribution < -0.4 is 4.90 Å². The van der Waals surface area contributed by atoms with Crippen LogP contribution in [0.25, 0.3) is 10.2 Å². The molecule has 1 atom stereocenters. The Morgan fingerprint density at radius 2 is 2.11 bits per heavy atom. The molecule has 0 bridgehead atoms. The maximum Gasteiger partial charge on any atom is 0.141 e. The van der Waals surface area contributed by atoms with Gasteiger partial charge in [-0.25, -0.2) is 9.97 Å². The van der Waals surface area contributed by atoms with Crippen LogP contribution in [0, 0.1) is 5.92 Å². The molecule has 0 saturated heterocycles. The molecule has 2 aromatic heterocycles. The molecule has 0 fully saturated rings. The van der Waals surface area contributed by atoms with E-state index in [1.807, 2.05) is 11.3 Å². The van der Waals surface area contributed by atoms with Crippen molar-refractivity contribution in [2.24, 2.45) is 5.92 Å². The second-order valence-corrected chi connectivity index (χ2v) is 6.49. The molecule has 1 unspecified atom stereocenters. The van der Waals surface area contributed by atoms with Crippen molar-refractivity contribution in [3.8, 4) is 0 Å². The van der Waals surface area contributed by atoms with Crippen molar-refractivity contribution in [2.45, 2.75) is 40.0 Å². The van der Waals surface area contributed by atoms with Crippen LogP contribution in [-0.2, 0) is 12.8 Å². The minimum Gasteiger partial charge on any atom is -0.357 e. The van der Waals surface area contributed by atoms with Gasteiger partial charge in [0, 0.05) is 18.0 Å². The van der Waals surface area contributed by atoms with Gasteiger partial charge in [-0.15, -0.1) is 11.3 Å². The Balaban J connectivity index is 2.19. The molecule has 3 nitrogen and oxygen atoms in total. The molecule has 0 aromatic carbocycles. The lowest BCUT2D eigenvalue weighted by Gasteiger charge is -2.22. The van der Waals surface area contributed by atoms with Crippen molar-refractivity contribution >= 4 is 27.4 Å². The van der Waals surface area contributed by atoms with Gasteiger partial charge >= 0.3 is 0 Å². The third-order valence-corrected chi connectivity index (χ3v) is 5.30. The second-order valence-electron chi connectivity index (χ2n) is 5.40. The molecule has 3 rings (SSSR count). The first kappa shape index (κ1) is 12.9. The molecule has 19 heavy (non-hydrogen) atoms. The highest BCUT2D eigenvalue weighted by molar-refractivity contribution is 7.19. The van der Waals surface area contributed by atoms with Gasteiger partial charge in [0.2, 0.25) is 0 Å². The van der Waals surface area contributed by atoms with Gasteiger partial charge in [0.15, 0.2) is 0 Å². The van der Waals surface area contributed by atoms with Crippen LogP contribution in [0.15, 0.2) is 6.33 Å². The van der Waals surface area contributed by atoms with Crippen LogP contribution >= 0.6 is 11.3 Å². The van der Waals surface area contributed by atoms with Crippen molar-refractivity contribution in [1.82, 2.24) is 9.97 Å². The Hall–Kier alpha value is -1.16. The van der Waals surface area contributed by atoms with Crippen LogP contribution in [0.4, 0.5) is 5.82 Å². The van der Waals surface area contributed by atoms with E-state index in [1.165, 1.54) is 35.0 Å². The van der Waals surface area contributed by atoms with Crippen LogP contribution in [0.3, 0.4) is 0 Å². The topological polar surface area (TPSA) is 29.0 Å². The van der Waals surface area contributed by atoms with Crippen LogP contribution in [0.5, 0.6) is 0 Å². The fraction of sp³-hybridized carbons (Fsp3) is 0.600. The quantitative estimate of drug-likeness (QED) is 0.856. The minimum atomic E-state index is 0.811. The third-order valence-electron chi connectivity index (χ3n) is 4.13. The summed E-state index contributed by atoms with van der Waals surface area (Å²) in [6.45, 7) is 8.74. The first-order chi connectivity index (χ1) is 9.24. The first-order valence-electron chi connectivity index (χ1n) is 7.24. The minimum absolute atomic E-state index is 0.811. The maximum atomic E-state index is 4.57. The molecule has 102 valence electrons. The molecule has 0 saturated carbocycles. The Morgan fingerprint density at radius 3 is 2.84 bits per heavy atom. The third kappa shape index (κ3) is 2.12. The molecule has 1 aliphatic rings. The number of hydrogen-bond donors (Lipinski definition) is 0. The van der Waals surface area contributed by atoms with Crippen molar-refractivity contribution in [3.63, 3.8) is 0 Å². The van der Waals surface area contributed by atoms with Gasteiger partial charge in [0.1, 0.15) is 17.0 Å². The SMILES string of the molecule is CCN(CC)c1ncnc2sc3c(c12)CCC(C)C3. The Kier molecular flexibility index (Phi) is 3.44. The summed E-state index contributed by atoms with van der Waals surface area (Å²) in [5.41, 5.74) is 1.53. The van der Waals surface area contributed by atoms with Gasteiger partial charge in [-0.1, -0.05) is 6.92 Å². The molecule has 0 aliphatic heterocycles. The molecule has 0 amide bonds. The zero-order chi connectivity index (χ0) is 13.4. The molecular formula is C15H21N3S. The molecule has 0 N–H and O–H groups in total. The summed E-state index contributed by atoms with van der Waals surface area (Å²) in [6, 6.07) is 0. The molecule has 2 heterocycles. The molecule has 4 heteroatoms. The van der Waals surface area contributed by atoms with Gasteiger partial charge in [0.25, 0.3) is 0 Å². The summed E-state index contributed by atoms with van der Waals surface area (Å²) in [5.74, 6) is 1.95. The summed E-state index contributed by atoms with van der Waals surface area (Å²) in [5, 5.41) is 1.33. The number of fused-ring (bicyclic) bond motifs is 3. The van der Waals surface area contributed by atoms with Crippen LogP contribution in [0.2, 0.25) is 0 Å². The molecular weight excluding hydrogens is 254 g/mol. The van der Waals surface area contributed by atoms with Crippen molar-refractivity contribution in [3.05, 3.63) is 16.8 Å². The largest absolute Gasteiger partial charge is 0.357 e. The van der Waals surface area contributed by atoms with E-state index in [-0.39, 0.29) is 0 Å². The Labute approximate surface area is 118 Å². The van der Waals surface area contributed by atoms with Gasteiger partial charge < -0.3 is 4.90 Å². The number of thiophene rings is 1. The van der Waals surface area contributed by atoms with Gasteiger partial charge in [-0.2, -0.15) is 0 Å². The molecule has 0 spiro atoms. The maximum absolute atomic E-state index is 4.57. The predicted octanol–water partition coefficient (Wildman–Crippen LogP) is 3.66. The number of aryl methyl sites for hydroxylation is 1. The lowest BCUT2D eigenvalue weighted by atomic mass is 9.89. The van der Waals surface area contributed by atoms with Crippen LogP contribution in [0.1, 0.15) is 37.6 Å². The van der Waals surface area contributed by atoms with E-state index in [1.54, 1.807) is 11.2 Å². The number of aromatic nitrogens is 2. The smallest absolute Gasteiger partial charge is 0.141 e. The van der Waals surface area contributed by atoms with Crippen molar-refractivity contribution in [1.29, 1.82) is 0 Å². The lowest BCUT2D eigenvalue weighted by molar-refractivity contribution is 0.509. The van der Waals surface area contributed by atoms with E-state index < -0.39 is 0 Å². The fourth-order valence-electron chi connectivity index (χ4n) is 3.02. The average molecular weight is 275 g/mol. The van der Waals surface area contributed by atoms with Crippen molar-refractivity contribution in [2.75, 3.05) is 18.0 Å². The van der Waals surface area contributed by atoms with E-state index in [0.717, 1.165) is 24.8 Å². The summed E-state index contributed by atoms with van der Waals surface area (Å²) in [4.78, 5) is 14.1. The summed E-state index contributed by atoms with van der Waals surface area (Å²) in [6.07, 6.45) is 5.43. The Morgan fingerprint density at radius 1 is 1.32 bits per heavy atom. The molecule has 1 aliphatic carbocycles. The highest BCUT2D eigenvalue weighted by atomic mass is 32.1. The number of nitrogens with zero attached hydrogens (tertiary/aromatic N) is 3. The monoisotopic (exact) mass is 275 g/mol. The summed E-state index contributed by atoms with van der Waals surface area (Å²) < 4.78 is 0. The van der Waals surface area contributed by atoms with Crippen LogP contribution in [-0.4, -0.2) is 23.1 Å². The zero-order valence-electron chi connectivity index (χ0n) is 11.9. The number of anilines is 1. The highest BCUT2D eigenvalue weighted by Crippen LogP contribution is 2.40. The standard InChI is InChI=1S/C15H21N3S/c1-4-18(5-2)14-13-11-7-6-10(3)8-12(11)19-15(13)17-9-16-14/h9-10H,4-8H2,1-3H3. The van der Waals surface area contributed by atoms with E-state index in [0.29, 0.717) is 0 Å². The van der Waals surface area contributed by atoms with E-state index in [2.05, 4.69) is 35.6 Å². The van der Waals surface area contributed by atoms with E-state index >= 15 is 0 Å². The zero-order valence-corrected chi connectivity index (χ0v) is 12.8. The fourth-order valence-corrected chi connectivity index (χ4v) is 4.37. The lowest BCUT2D eigenvalue weighted by Crippen LogP contribution is -2.23. The van der Waals surface area contributed by atoms with Gasteiger partial charge in [-0.3, -0.25) is 0 Å². The molecule has 0 radical (unpaired) electrons. The second kappa shape index (κ2) is 5.08. The van der Waals surface area contributed by atoms with E-state index in [4.69, 9.17) is 0 Å². The van der Waals surface area contributed by atoms with E-state index in [9.17, 15) is 0 Å². The van der Waals surface area contributed by atoms with Gasteiger partial charge in [-0.05, 0) is 44.6 Å². The van der Waals surface area contributed by atoms with Crippen molar-refractivity contribution < 1.29 is 0 Å². The predicted molar refractivity (Wildman–Crippen MR) is 82.2 cm³/mol. The first-order valence-corrected chi connectivity index (χ1v) is 8.06. The summed E-state index contributed by atoms with van der Waals surface area (Å²) >= 11 is 1.88. The molecule has 2 aromatic rings. The average Bonchev–Trinajstić information content (AvgIpc) is 2.78. The normalized spacial score (nSPS) is 18.6. The highest BCUT2D eigenvalue weighted by Gasteiger charge is 2.24. The number of hydrogen-bond acceptors (Lipinski definition) is 4. The van der Waals surface area contributed by atoms with Gasteiger partial charge in [0.05, 0.1) is 5.39 Å². The Bertz CT molecular complexity index is 586.